The van der Waals surface area contributed by atoms with Gasteiger partial charge in [0.1, 0.15) is 23.1 Å². The lowest BCUT2D eigenvalue weighted by molar-refractivity contribution is 0.469. The number of hydrogen-bond acceptors (Lipinski definition) is 4. The fourth-order valence-electron chi connectivity index (χ4n) is 2.83. The van der Waals surface area contributed by atoms with Gasteiger partial charge < -0.3 is 15.9 Å². The van der Waals surface area contributed by atoms with E-state index >= 15 is 0 Å². The summed E-state index contributed by atoms with van der Waals surface area (Å²) in [7, 11) is 0. The molecule has 24 heavy (non-hydrogen) atoms. The molecule has 0 saturated carbocycles. The SMILES string of the molecule is CCc1c(-c2ccc(O)cc2)cnc(N)c1-c1ccc(O)cc1F. The summed E-state index contributed by atoms with van der Waals surface area (Å²) in [6.07, 6.45) is 2.28. The van der Waals surface area contributed by atoms with Crippen molar-refractivity contribution >= 4 is 5.82 Å². The molecule has 1 heterocycles. The molecule has 0 atom stereocenters. The van der Waals surface area contributed by atoms with Crippen molar-refractivity contribution in [2.45, 2.75) is 13.3 Å². The number of aromatic nitrogens is 1. The first kappa shape index (κ1) is 15.8. The number of nitrogens with two attached hydrogens (primary N) is 1. The summed E-state index contributed by atoms with van der Waals surface area (Å²) in [5.74, 6) is -0.291. The third-order valence-corrected chi connectivity index (χ3v) is 3.97. The van der Waals surface area contributed by atoms with Crippen LogP contribution in [0.2, 0.25) is 0 Å². The van der Waals surface area contributed by atoms with Gasteiger partial charge in [0.25, 0.3) is 0 Å². The monoisotopic (exact) mass is 324 g/mol. The number of halogens is 1. The van der Waals surface area contributed by atoms with Crippen LogP contribution in [-0.4, -0.2) is 15.2 Å². The van der Waals surface area contributed by atoms with E-state index in [0.29, 0.717) is 17.5 Å². The molecule has 4 nitrogen and oxygen atoms in total. The molecule has 0 radical (unpaired) electrons. The Kier molecular flexibility index (Phi) is 4.08. The zero-order chi connectivity index (χ0) is 17.3. The van der Waals surface area contributed by atoms with E-state index in [1.165, 1.54) is 12.1 Å². The van der Waals surface area contributed by atoms with Gasteiger partial charge in [-0.3, -0.25) is 0 Å². The van der Waals surface area contributed by atoms with Gasteiger partial charge in [0.2, 0.25) is 0 Å². The molecule has 0 bridgehead atoms. The van der Waals surface area contributed by atoms with Crippen molar-refractivity contribution in [2.75, 3.05) is 5.73 Å². The minimum absolute atomic E-state index is 0.143. The van der Waals surface area contributed by atoms with Crippen molar-refractivity contribution in [3.63, 3.8) is 0 Å². The predicted octanol–water partition coefficient (Wildman–Crippen LogP) is 4.11. The molecule has 0 fully saturated rings. The Balaban J connectivity index is 2.26. The van der Waals surface area contributed by atoms with Crippen molar-refractivity contribution < 1.29 is 14.6 Å². The zero-order valence-corrected chi connectivity index (χ0v) is 13.1. The summed E-state index contributed by atoms with van der Waals surface area (Å²) >= 11 is 0. The third-order valence-electron chi connectivity index (χ3n) is 3.97. The molecule has 0 aliphatic heterocycles. The van der Waals surface area contributed by atoms with Crippen LogP contribution in [0.5, 0.6) is 11.5 Å². The zero-order valence-electron chi connectivity index (χ0n) is 13.1. The van der Waals surface area contributed by atoms with Crippen LogP contribution >= 0.6 is 0 Å². The topological polar surface area (TPSA) is 79.4 Å². The molecule has 0 aliphatic rings. The van der Waals surface area contributed by atoms with E-state index in [1.54, 1.807) is 30.5 Å². The highest BCUT2D eigenvalue weighted by Gasteiger charge is 2.18. The number of phenols is 2. The quantitative estimate of drug-likeness (QED) is 0.677. The van der Waals surface area contributed by atoms with Crippen molar-refractivity contribution in [1.29, 1.82) is 0 Å². The van der Waals surface area contributed by atoms with E-state index in [0.717, 1.165) is 22.8 Å². The number of pyridine rings is 1. The number of aromatic hydroxyl groups is 2. The lowest BCUT2D eigenvalue weighted by Gasteiger charge is -2.16. The Hall–Kier alpha value is -3.08. The first-order chi connectivity index (χ1) is 11.5. The van der Waals surface area contributed by atoms with Crippen molar-refractivity contribution in [3.05, 3.63) is 60.0 Å². The summed E-state index contributed by atoms with van der Waals surface area (Å²) < 4.78 is 14.3. The second-order valence-electron chi connectivity index (χ2n) is 5.48. The number of nitrogen functional groups attached to an aromatic ring is 1. The highest BCUT2D eigenvalue weighted by molar-refractivity contribution is 5.84. The second kappa shape index (κ2) is 6.20. The average Bonchev–Trinajstić information content (AvgIpc) is 2.56. The summed E-state index contributed by atoms with van der Waals surface area (Å²) in [6.45, 7) is 1.96. The first-order valence-corrected chi connectivity index (χ1v) is 7.57. The van der Waals surface area contributed by atoms with Crippen LogP contribution in [0.15, 0.2) is 48.7 Å². The molecular weight excluding hydrogens is 307 g/mol. The highest BCUT2D eigenvalue weighted by atomic mass is 19.1. The third kappa shape index (κ3) is 2.76. The van der Waals surface area contributed by atoms with E-state index in [-0.39, 0.29) is 17.3 Å². The normalized spacial score (nSPS) is 10.8. The van der Waals surface area contributed by atoms with Gasteiger partial charge in [0.05, 0.1) is 0 Å². The van der Waals surface area contributed by atoms with Gasteiger partial charge in [-0.05, 0) is 41.8 Å². The van der Waals surface area contributed by atoms with Crippen LogP contribution in [0.1, 0.15) is 12.5 Å². The number of hydrogen-bond donors (Lipinski definition) is 3. The summed E-state index contributed by atoms with van der Waals surface area (Å²) in [5, 5.41) is 18.9. The maximum absolute atomic E-state index is 14.3. The van der Waals surface area contributed by atoms with Gasteiger partial charge >= 0.3 is 0 Å². The molecule has 0 aliphatic carbocycles. The number of rotatable bonds is 3. The Morgan fingerprint density at radius 3 is 2.29 bits per heavy atom. The smallest absolute Gasteiger partial charge is 0.134 e. The molecular formula is C19H17FN2O2. The van der Waals surface area contributed by atoms with E-state index in [1.807, 2.05) is 6.92 Å². The number of phenolic OH excluding ortho intramolecular Hbond substituents is 2. The van der Waals surface area contributed by atoms with Crippen LogP contribution in [0.25, 0.3) is 22.3 Å². The molecule has 0 saturated heterocycles. The molecule has 3 aromatic rings. The van der Waals surface area contributed by atoms with Gasteiger partial charge in [-0.15, -0.1) is 0 Å². The van der Waals surface area contributed by atoms with E-state index in [4.69, 9.17) is 5.73 Å². The van der Waals surface area contributed by atoms with E-state index in [9.17, 15) is 14.6 Å². The molecule has 2 aromatic carbocycles. The maximum atomic E-state index is 14.3. The van der Waals surface area contributed by atoms with Gasteiger partial charge in [0, 0.05) is 29.0 Å². The number of anilines is 1. The van der Waals surface area contributed by atoms with E-state index in [2.05, 4.69) is 4.98 Å². The van der Waals surface area contributed by atoms with E-state index < -0.39 is 5.82 Å². The standard InChI is InChI=1S/C19H17FN2O2/c1-2-14-16(11-3-5-12(23)6-4-11)10-22-19(21)18(14)15-8-7-13(24)9-17(15)20/h3-10,23-24H,2H2,1H3,(H2,21,22). The van der Waals surface area contributed by atoms with Crippen LogP contribution in [0, 0.1) is 5.82 Å². The minimum Gasteiger partial charge on any atom is -0.508 e. The van der Waals surface area contributed by atoms with Crippen molar-refractivity contribution in [1.82, 2.24) is 4.98 Å². The molecule has 0 unspecified atom stereocenters. The summed E-state index contributed by atoms with van der Waals surface area (Å²) in [4.78, 5) is 4.21. The highest BCUT2D eigenvalue weighted by Crippen LogP contribution is 2.37. The van der Waals surface area contributed by atoms with Crippen molar-refractivity contribution in [3.8, 4) is 33.8 Å². The Morgan fingerprint density at radius 1 is 1.00 bits per heavy atom. The number of nitrogens with zero attached hydrogens (tertiary/aromatic N) is 1. The van der Waals surface area contributed by atoms with Gasteiger partial charge in [-0.2, -0.15) is 0 Å². The van der Waals surface area contributed by atoms with Gasteiger partial charge in [-0.1, -0.05) is 19.1 Å². The second-order valence-corrected chi connectivity index (χ2v) is 5.48. The maximum Gasteiger partial charge on any atom is 0.134 e. The van der Waals surface area contributed by atoms with Crippen LogP contribution < -0.4 is 5.73 Å². The predicted molar refractivity (Wildman–Crippen MR) is 92.2 cm³/mol. The lowest BCUT2D eigenvalue weighted by Crippen LogP contribution is -2.02. The Morgan fingerprint density at radius 2 is 1.67 bits per heavy atom. The fourth-order valence-corrected chi connectivity index (χ4v) is 2.83. The van der Waals surface area contributed by atoms with Crippen LogP contribution in [0.3, 0.4) is 0 Å². The molecule has 122 valence electrons. The largest absolute Gasteiger partial charge is 0.508 e. The summed E-state index contributed by atoms with van der Waals surface area (Å²) in [5.41, 5.74) is 9.40. The molecule has 1 aromatic heterocycles. The first-order valence-electron chi connectivity index (χ1n) is 7.57. The Bertz CT molecular complexity index is 893. The lowest BCUT2D eigenvalue weighted by atomic mass is 9.91. The Labute approximate surface area is 139 Å². The van der Waals surface area contributed by atoms with Gasteiger partial charge in [0.15, 0.2) is 0 Å². The average molecular weight is 324 g/mol. The molecule has 0 spiro atoms. The van der Waals surface area contributed by atoms with Crippen molar-refractivity contribution in [2.24, 2.45) is 0 Å². The van der Waals surface area contributed by atoms with Crippen LogP contribution in [0.4, 0.5) is 10.2 Å². The van der Waals surface area contributed by atoms with Gasteiger partial charge in [-0.25, -0.2) is 9.37 Å². The fraction of sp³-hybridized carbons (Fsp3) is 0.105. The molecule has 4 N–H and O–H groups in total. The molecule has 0 amide bonds. The summed E-state index contributed by atoms with van der Waals surface area (Å²) in [6, 6.07) is 10.7. The van der Waals surface area contributed by atoms with Crippen LogP contribution in [-0.2, 0) is 6.42 Å². The minimum atomic E-state index is -0.555. The molecule has 5 heteroatoms. The number of benzene rings is 2. The molecule has 3 rings (SSSR count).